The summed E-state index contributed by atoms with van der Waals surface area (Å²) in [7, 11) is 0. The van der Waals surface area contributed by atoms with Crippen LogP contribution in [0.4, 0.5) is 0 Å². The van der Waals surface area contributed by atoms with E-state index < -0.39 is 0 Å². The van der Waals surface area contributed by atoms with Crippen LogP contribution < -0.4 is 5.32 Å². The summed E-state index contributed by atoms with van der Waals surface area (Å²) in [6.07, 6.45) is 0.988. The number of halogens is 2. The zero-order valence-electron chi connectivity index (χ0n) is 12.4. The zero-order valence-corrected chi connectivity index (χ0v) is 14.8. The minimum atomic E-state index is 0.407. The van der Waals surface area contributed by atoms with Crippen LogP contribution >= 0.6 is 27.5 Å². The van der Waals surface area contributed by atoms with Gasteiger partial charge in [-0.05, 0) is 35.7 Å². The third-order valence-electron chi connectivity index (χ3n) is 3.52. The number of benzene rings is 2. The largest absolute Gasteiger partial charge is 0.314 e. The molecule has 0 saturated heterocycles. The fourth-order valence-electron chi connectivity index (χ4n) is 2.38. The van der Waals surface area contributed by atoms with E-state index >= 15 is 0 Å². The third kappa shape index (κ3) is 5.14. The van der Waals surface area contributed by atoms with E-state index in [0.717, 1.165) is 18.0 Å². The Morgan fingerprint density at radius 3 is 2.52 bits per heavy atom. The number of rotatable bonds is 6. The summed E-state index contributed by atoms with van der Waals surface area (Å²) in [6.45, 7) is 5.29. The first-order valence-electron chi connectivity index (χ1n) is 7.28. The Labute approximate surface area is 140 Å². The normalized spacial score (nSPS) is 12.6. The predicted molar refractivity (Wildman–Crippen MR) is 95.2 cm³/mol. The standard InChI is InChI=1S/C18H21BrClN/c1-13(2)21-12-16(14-7-5-8-17(20)11-14)10-15-6-3-4-9-18(15)19/h3-9,11,13,16,21H,10,12H2,1-2H3. The molecule has 0 aliphatic heterocycles. The first-order valence-corrected chi connectivity index (χ1v) is 8.45. The van der Waals surface area contributed by atoms with Gasteiger partial charge in [-0.1, -0.05) is 71.7 Å². The maximum Gasteiger partial charge on any atom is 0.0408 e. The van der Waals surface area contributed by atoms with E-state index in [1.807, 2.05) is 18.2 Å². The molecule has 112 valence electrons. The monoisotopic (exact) mass is 365 g/mol. The Morgan fingerprint density at radius 2 is 1.86 bits per heavy atom. The van der Waals surface area contributed by atoms with E-state index in [4.69, 9.17) is 11.6 Å². The molecule has 0 fully saturated rings. The van der Waals surface area contributed by atoms with E-state index in [1.165, 1.54) is 15.6 Å². The highest BCUT2D eigenvalue weighted by atomic mass is 79.9. The van der Waals surface area contributed by atoms with Crippen molar-refractivity contribution in [2.45, 2.75) is 32.2 Å². The minimum Gasteiger partial charge on any atom is -0.314 e. The molecule has 0 spiro atoms. The second-order valence-corrected chi connectivity index (χ2v) is 6.90. The lowest BCUT2D eigenvalue weighted by Gasteiger charge is -2.21. The van der Waals surface area contributed by atoms with Crippen molar-refractivity contribution in [1.82, 2.24) is 5.32 Å². The van der Waals surface area contributed by atoms with Crippen molar-refractivity contribution < 1.29 is 0 Å². The molecule has 0 amide bonds. The molecule has 0 aliphatic carbocycles. The first kappa shape index (κ1) is 16.5. The minimum absolute atomic E-state index is 0.407. The van der Waals surface area contributed by atoms with Crippen molar-refractivity contribution in [1.29, 1.82) is 0 Å². The van der Waals surface area contributed by atoms with Crippen molar-refractivity contribution in [3.8, 4) is 0 Å². The van der Waals surface area contributed by atoms with Crippen molar-refractivity contribution in [3.63, 3.8) is 0 Å². The molecule has 1 atom stereocenters. The van der Waals surface area contributed by atoms with Gasteiger partial charge in [-0.2, -0.15) is 0 Å². The highest BCUT2D eigenvalue weighted by molar-refractivity contribution is 9.10. The molecule has 2 aromatic rings. The van der Waals surface area contributed by atoms with Gasteiger partial charge >= 0.3 is 0 Å². The molecule has 0 bridgehead atoms. The van der Waals surface area contributed by atoms with Crippen LogP contribution in [0, 0.1) is 0 Å². The third-order valence-corrected chi connectivity index (χ3v) is 4.53. The molecule has 0 radical (unpaired) electrons. The molecule has 1 unspecified atom stereocenters. The quantitative estimate of drug-likeness (QED) is 0.719. The second-order valence-electron chi connectivity index (χ2n) is 5.61. The molecule has 0 aromatic heterocycles. The molecule has 1 N–H and O–H groups in total. The van der Waals surface area contributed by atoms with Gasteiger partial charge in [-0.3, -0.25) is 0 Å². The predicted octanol–water partition coefficient (Wildman–Crippen LogP) is 5.43. The second kappa shape index (κ2) is 7.98. The molecular weight excluding hydrogens is 346 g/mol. The number of hydrogen-bond donors (Lipinski definition) is 1. The van der Waals surface area contributed by atoms with Gasteiger partial charge in [0.15, 0.2) is 0 Å². The lowest BCUT2D eigenvalue weighted by atomic mass is 9.91. The summed E-state index contributed by atoms with van der Waals surface area (Å²) in [4.78, 5) is 0. The van der Waals surface area contributed by atoms with Gasteiger partial charge in [0, 0.05) is 28.0 Å². The highest BCUT2D eigenvalue weighted by Crippen LogP contribution is 2.26. The summed E-state index contributed by atoms with van der Waals surface area (Å²) in [5, 5.41) is 4.35. The van der Waals surface area contributed by atoms with Crippen molar-refractivity contribution >= 4 is 27.5 Å². The molecule has 2 aromatic carbocycles. The maximum absolute atomic E-state index is 6.16. The molecule has 0 heterocycles. The molecule has 0 aliphatic rings. The topological polar surface area (TPSA) is 12.0 Å². The Bertz CT molecular complexity index is 583. The van der Waals surface area contributed by atoms with Crippen LogP contribution in [-0.4, -0.2) is 12.6 Å². The van der Waals surface area contributed by atoms with Crippen molar-refractivity contribution in [3.05, 3.63) is 69.2 Å². The van der Waals surface area contributed by atoms with Gasteiger partial charge in [-0.25, -0.2) is 0 Å². The number of nitrogens with one attached hydrogen (secondary N) is 1. The van der Waals surface area contributed by atoms with Crippen molar-refractivity contribution in [2.24, 2.45) is 0 Å². The van der Waals surface area contributed by atoms with Gasteiger partial charge in [0.1, 0.15) is 0 Å². The molecule has 1 nitrogen and oxygen atoms in total. The SMILES string of the molecule is CC(C)NCC(Cc1ccccc1Br)c1cccc(Cl)c1. The van der Waals surface area contributed by atoms with E-state index in [-0.39, 0.29) is 0 Å². The zero-order chi connectivity index (χ0) is 15.2. The highest BCUT2D eigenvalue weighted by Gasteiger charge is 2.14. The lowest BCUT2D eigenvalue weighted by Crippen LogP contribution is -2.29. The van der Waals surface area contributed by atoms with E-state index in [0.29, 0.717) is 12.0 Å². The molecule has 2 rings (SSSR count). The summed E-state index contributed by atoms with van der Waals surface area (Å²) in [5.74, 6) is 0.407. The van der Waals surface area contributed by atoms with Gasteiger partial charge in [0.25, 0.3) is 0 Å². The summed E-state index contributed by atoms with van der Waals surface area (Å²) >= 11 is 9.80. The van der Waals surface area contributed by atoms with Crippen LogP contribution in [0.1, 0.15) is 30.9 Å². The smallest absolute Gasteiger partial charge is 0.0408 e. The Hall–Kier alpha value is -0.830. The van der Waals surface area contributed by atoms with Crippen molar-refractivity contribution in [2.75, 3.05) is 6.54 Å². The average molecular weight is 367 g/mol. The fraction of sp³-hybridized carbons (Fsp3) is 0.333. The average Bonchev–Trinajstić information content (AvgIpc) is 2.45. The molecule has 0 saturated carbocycles. The van der Waals surface area contributed by atoms with Gasteiger partial charge < -0.3 is 5.32 Å². The molecule has 3 heteroatoms. The van der Waals surface area contributed by atoms with Crippen LogP contribution in [0.3, 0.4) is 0 Å². The van der Waals surface area contributed by atoms with Gasteiger partial charge in [0.2, 0.25) is 0 Å². The van der Waals surface area contributed by atoms with Gasteiger partial charge in [0.05, 0.1) is 0 Å². The first-order chi connectivity index (χ1) is 10.1. The van der Waals surface area contributed by atoms with Crippen LogP contribution in [0.5, 0.6) is 0 Å². The van der Waals surface area contributed by atoms with Crippen LogP contribution in [0.2, 0.25) is 5.02 Å². The van der Waals surface area contributed by atoms with Gasteiger partial charge in [-0.15, -0.1) is 0 Å². The van der Waals surface area contributed by atoms with E-state index in [2.05, 4.69) is 65.4 Å². The summed E-state index contributed by atoms with van der Waals surface area (Å²) < 4.78 is 1.17. The van der Waals surface area contributed by atoms with E-state index in [9.17, 15) is 0 Å². The molecule has 21 heavy (non-hydrogen) atoms. The lowest BCUT2D eigenvalue weighted by molar-refractivity contribution is 0.526. The Balaban J connectivity index is 2.21. The summed E-state index contributed by atoms with van der Waals surface area (Å²) in [6, 6.07) is 17.1. The Kier molecular flexibility index (Phi) is 6.28. The van der Waals surface area contributed by atoms with Crippen LogP contribution in [0.25, 0.3) is 0 Å². The van der Waals surface area contributed by atoms with Crippen LogP contribution in [-0.2, 0) is 6.42 Å². The maximum atomic E-state index is 6.16. The van der Waals surface area contributed by atoms with E-state index in [1.54, 1.807) is 0 Å². The fourth-order valence-corrected chi connectivity index (χ4v) is 3.02. The number of hydrogen-bond acceptors (Lipinski definition) is 1. The summed E-state index contributed by atoms with van der Waals surface area (Å²) in [5.41, 5.74) is 2.61. The molecular formula is C18H21BrClN. The van der Waals surface area contributed by atoms with Crippen LogP contribution in [0.15, 0.2) is 53.0 Å². The Morgan fingerprint density at radius 1 is 1.10 bits per heavy atom.